The fourth-order valence-electron chi connectivity index (χ4n) is 2.63. The number of hydrogen-bond acceptors (Lipinski definition) is 4. The van der Waals surface area contributed by atoms with Gasteiger partial charge in [-0.3, -0.25) is 9.59 Å². The Hall–Kier alpha value is -3.32. The quantitative estimate of drug-likeness (QED) is 0.481. The smallest absolute Gasteiger partial charge is 0.255 e. The summed E-state index contributed by atoms with van der Waals surface area (Å²) >= 11 is 3.39. The van der Waals surface area contributed by atoms with Crippen molar-refractivity contribution in [2.45, 2.75) is 0 Å². The van der Waals surface area contributed by atoms with Gasteiger partial charge in [-0.05, 0) is 54.6 Å². The van der Waals surface area contributed by atoms with Crippen LogP contribution in [0.2, 0.25) is 0 Å². The second-order valence-electron chi connectivity index (χ2n) is 6.14. The van der Waals surface area contributed by atoms with Crippen molar-refractivity contribution < 1.29 is 14.3 Å². The van der Waals surface area contributed by atoms with Gasteiger partial charge >= 0.3 is 0 Å². The van der Waals surface area contributed by atoms with Gasteiger partial charge in [-0.25, -0.2) is 0 Å². The van der Waals surface area contributed by atoms with Crippen LogP contribution in [0.3, 0.4) is 0 Å². The third kappa shape index (κ3) is 5.83. The Labute approximate surface area is 177 Å². The Morgan fingerprint density at radius 1 is 0.897 bits per heavy atom. The topological polar surface area (TPSA) is 79.5 Å². The highest BCUT2D eigenvalue weighted by Gasteiger charge is 2.10. The molecule has 0 fully saturated rings. The number of carbonyl (C=O) groups excluding carboxylic acids is 2. The summed E-state index contributed by atoms with van der Waals surface area (Å²) in [5.41, 5.74) is 2.52. The highest BCUT2D eigenvalue weighted by Crippen LogP contribution is 2.24. The lowest BCUT2D eigenvalue weighted by Gasteiger charge is -2.11. The first-order chi connectivity index (χ1) is 14.0. The van der Waals surface area contributed by atoms with Crippen LogP contribution in [0.15, 0.2) is 77.3 Å². The van der Waals surface area contributed by atoms with E-state index in [1.54, 1.807) is 43.5 Å². The Kier molecular flexibility index (Phi) is 6.86. The molecule has 0 spiro atoms. The van der Waals surface area contributed by atoms with Crippen molar-refractivity contribution in [1.82, 2.24) is 0 Å². The van der Waals surface area contributed by atoms with Gasteiger partial charge in [-0.15, -0.1) is 0 Å². The Balaban J connectivity index is 1.55. The molecule has 0 bridgehead atoms. The summed E-state index contributed by atoms with van der Waals surface area (Å²) in [6.45, 7) is 0.131. The monoisotopic (exact) mass is 453 g/mol. The number of anilines is 3. The van der Waals surface area contributed by atoms with Crippen molar-refractivity contribution in [3.8, 4) is 5.75 Å². The molecule has 6 nitrogen and oxygen atoms in total. The fraction of sp³-hybridized carbons (Fsp3) is 0.0909. The number of hydrogen-bond donors (Lipinski definition) is 3. The molecule has 0 atom stereocenters. The predicted octanol–water partition coefficient (Wildman–Crippen LogP) is 4.76. The maximum Gasteiger partial charge on any atom is 0.255 e. The maximum atomic E-state index is 12.4. The molecule has 29 heavy (non-hydrogen) atoms. The number of halogens is 1. The van der Waals surface area contributed by atoms with Gasteiger partial charge in [0.1, 0.15) is 5.75 Å². The van der Waals surface area contributed by atoms with Crippen molar-refractivity contribution in [3.05, 3.63) is 82.8 Å². The number of nitrogens with one attached hydrogen (secondary N) is 3. The summed E-state index contributed by atoms with van der Waals surface area (Å²) in [6, 6.07) is 21.5. The first-order valence-electron chi connectivity index (χ1n) is 8.89. The lowest BCUT2D eigenvalue weighted by atomic mass is 10.2. The minimum Gasteiger partial charge on any atom is -0.495 e. The number of carbonyl (C=O) groups is 2. The maximum absolute atomic E-state index is 12.4. The molecule has 148 valence electrons. The largest absolute Gasteiger partial charge is 0.495 e. The number of amides is 2. The normalized spacial score (nSPS) is 10.1. The van der Waals surface area contributed by atoms with E-state index >= 15 is 0 Å². The average molecular weight is 454 g/mol. The molecule has 3 aromatic rings. The van der Waals surface area contributed by atoms with Gasteiger partial charge in [0.25, 0.3) is 5.91 Å². The van der Waals surface area contributed by atoms with Crippen LogP contribution in [0.25, 0.3) is 0 Å². The molecule has 0 aromatic heterocycles. The van der Waals surface area contributed by atoms with E-state index in [9.17, 15) is 9.59 Å². The molecule has 0 saturated carbocycles. The summed E-state index contributed by atoms with van der Waals surface area (Å²) in [4.78, 5) is 24.6. The zero-order chi connectivity index (χ0) is 20.6. The molecule has 0 saturated heterocycles. The predicted molar refractivity (Wildman–Crippen MR) is 119 cm³/mol. The lowest BCUT2D eigenvalue weighted by Crippen LogP contribution is -2.21. The van der Waals surface area contributed by atoms with Gasteiger partial charge in [-0.1, -0.05) is 34.1 Å². The van der Waals surface area contributed by atoms with Crippen LogP contribution in [0.5, 0.6) is 5.75 Å². The molecule has 0 aliphatic carbocycles. The molecule has 3 aromatic carbocycles. The third-order valence-electron chi connectivity index (χ3n) is 4.06. The van der Waals surface area contributed by atoms with Crippen LogP contribution in [0.1, 0.15) is 10.4 Å². The Morgan fingerprint density at radius 2 is 1.66 bits per heavy atom. The van der Waals surface area contributed by atoms with E-state index < -0.39 is 0 Å². The molecule has 0 unspecified atom stereocenters. The average Bonchev–Trinajstić information content (AvgIpc) is 2.73. The minimum absolute atomic E-state index is 0.131. The number of benzene rings is 3. The summed E-state index contributed by atoms with van der Waals surface area (Å²) in [5, 5.41) is 8.67. The second kappa shape index (κ2) is 9.75. The van der Waals surface area contributed by atoms with Gasteiger partial charge in [0.15, 0.2) is 0 Å². The third-order valence-corrected chi connectivity index (χ3v) is 4.56. The van der Waals surface area contributed by atoms with E-state index in [2.05, 4.69) is 31.9 Å². The summed E-state index contributed by atoms with van der Waals surface area (Å²) < 4.78 is 6.17. The molecule has 2 amide bonds. The van der Waals surface area contributed by atoms with Gasteiger partial charge in [-0.2, -0.15) is 0 Å². The molecule has 3 N–H and O–H groups in total. The molecule has 0 aliphatic heterocycles. The highest BCUT2D eigenvalue weighted by molar-refractivity contribution is 9.10. The molecule has 7 heteroatoms. The first-order valence-corrected chi connectivity index (χ1v) is 9.68. The second-order valence-corrected chi connectivity index (χ2v) is 7.06. The van der Waals surface area contributed by atoms with E-state index in [0.717, 1.165) is 10.2 Å². The first kappa shape index (κ1) is 20.4. The van der Waals surface area contributed by atoms with Crippen LogP contribution >= 0.6 is 15.9 Å². The van der Waals surface area contributed by atoms with Gasteiger partial charge in [0.05, 0.1) is 19.3 Å². The van der Waals surface area contributed by atoms with E-state index in [1.165, 1.54) is 0 Å². The fourth-order valence-corrected chi connectivity index (χ4v) is 3.03. The van der Waals surface area contributed by atoms with Crippen molar-refractivity contribution >= 4 is 44.8 Å². The summed E-state index contributed by atoms with van der Waals surface area (Å²) in [7, 11) is 1.55. The molecular formula is C22H20BrN3O3. The zero-order valence-electron chi connectivity index (χ0n) is 15.7. The minimum atomic E-state index is -0.260. The Morgan fingerprint density at radius 3 is 2.38 bits per heavy atom. The molecule has 3 rings (SSSR count). The van der Waals surface area contributed by atoms with E-state index in [-0.39, 0.29) is 18.4 Å². The number of rotatable bonds is 7. The standard InChI is InChI=1S/C22H20BrN3O3/c1-29-20-8-3-2-7-19(20)26-22(28)15-9-11-17(12-10-15)25-21(27)14-24-18-6-4-5-16(23)13-18/h2-13,24H,14H2,1H3,(H,25,27)(H,26,28). The van der Waals surface area contributed by atoms with E-state index in [0.29, 0.717) is 22.7 Å². The van der Waals surface area contributed by atoms with Gasteiger partial charge < -0.3 is 20.7 Å². The molecule has 0 aliphatic rings. The summed E-state index contributed by atoms with van der Waals surface area (Å²) in [6.07, 6.45) is 0. The van der Waals surface area contributed by atoms with Crippen molar-refractivity contribution in [2.24, 2.45) is 0 Å². The van der Waals surface area contributed by atoms with Crippen molar-refractivity contribution in [3.63, 3.8) is 0 Å². The number of methoxy groups -OCH3 is 1. The molecular weight excluding hydrogens is 434 g/mol. The number of ether oxygens (including phenoxy) is 1. The lowest BCUT2D eigenvalue weighted by molar-refractivity contribution is -0.114. The van der Waals surface area contributed by atoms with Gasteiger partial charge in [0, 0.05) is 21.4 Å². The zero-order valence-corrected chi connectivity index (χ0v) is 17.3. The summed E-state index contributed by atoms with van der Waals surface area (Å²) in [5.74, 6) is 0.141. The molecule has 0 heterocycles. The van der Waals surface area contributed by atoms with E-state index in [4.69, 9.17) is 4.74 Å². The van der Waals surface area contributed by atoms with Crippen LogP contribution in [-0.2, 0) is 4.79 Å². The molecule has 0 radical (unpaired) electrons. The van der Waals surface area contributed by atoms with Crippen molar-refractivity contribution in [1.29, 1.82) is 0 Å². The number of para-hydroxylation sites is 2. The van der Waals surface area contributed by atoms with Crippen LogP contribution in [-0.4, -0.2) is 25.5 Å². The van der Waals surface area contributed by atoms with Crippen LogP contribution < -0.4 is 20.7 Å². The Bertz CT molecular complexity index is 1010. The highest BCUT2D eigenvalue weighted by atomic mass is 79.9. The SMILES string of the molecule is COc1ccccc1NC(=O)c1ccc(NC(=O)CNc2cccc(Br)c2)cc1. The van der Waals surface area contributed by atoms with Crippen LogP contribution in [0.4, 0.5) is 17.1 Å². The van der Waals surface area contributed by atoms with Crippen LogP contribution in [0, 0.1) is 0 Å². The van der Waals surface area contributed by atoms with Crippen molar-refractivity contribution in [2.75, 3.05) is 29.6 Å². The van der Waals surface area contributed by atoms with Gasteiger partial charge in [0.2, 0.25) is 5.91 Å². The van der Waals surface area contributed by atoms with E-state index in [1.807, 2.05) is 36.4 Å².